The summed E-state index contributed by atoms with van der Waals surface area (Å²) in [5.74, 6) is -0.136. The number of hydrogen-bond donors (Lipinski definition) is 1. The van der Waals surface area contributed by atoms with Gasteiger partial charge in [0.15, 0.2) is 0 Å². The largest absolute Gasteiger partial charge is 0.478 e. The van der Waals surface area contributed by atoms with E-state index in [1.165, 1.54) is 44.3 Å². The fourth-order valence-corrected chi connectivity index (χ4v) is 7.36. The highest BCUT2D eigenvalue weighted by molar-refractivity contribution is 6.09. The average molecular weight is 646 g/mol. The lowest BCUT2D eigenvalue weighted by molar-refractivity contribution is -0.124. The predicted octanol–water partition coefficient (Wildman–Crippen LogP) is 9.10. The molecule has 2 aromatic heterocycles. The molecule has 3 heterocycles. The van der Waals surface area contributed by atoms with Gasteiger partial charge in [0.05, 0.1) is 16.6 Å². The molecule has 1 aliphatic carbocycles. The second-order valence-corrected chi connectivity index (χ2v) is 13.0. The highest BCUT2D eigenvalue weighted by Crippen LogP contribution is 2.40. The Morgan fingerprint density at radius 2 is 1.41 bits per heavy atom. The smallest absolute Gasteiger partial charge is 0.337 e. The number of benzene rings is 5. The van der Waals surface area contributed by atoms with Gasteiger partial charge in [0.1, 0.15) is 5.78 Å². The first kappa shape index (κ1) is 32.1. The average Bonchev–Trinajstić information content (AvgIpc) is 3.60. The topological polar surface area (TPSA) is 83.4 Å². The summed E-state index contributed by atoms with van der Waals surface area (Å²) in [5.41, 5.74) is 4.82. The van der Waals surface area contributed by atoms with Gasteiger partial charge in [-0.2, -0.15) is 0 Å². The van der Waals surface area contributed by atoms with Crippen molar-refractivity contribution in [2.45, 2.75) is 31.6 Å². The number of carboxylic acids is 1. The molecule has 7 aromatic rings. The number of para-hydroxylation sites is 2. The number of rotatable bonds is 3. The van der Waals surface area contributed by atoms with Crippen LogP contribution in [0.5, 0.6) is 0 Å². The number of carbonyl (C=O) groups is 2. The summed E-state index contributed by atoms with van der Waals surface area (Å²) in [7, 11) is 2.13. The fraction of sp³-hybridized carbons (Fsp3) is 0.209. The summed E-state index contributed by atoms with van der Waals surface area (Å²) < 4.78 is 0. The zero-order valence-electron chi connectivity index (χ0n) is 27.6. The van der Waals surface area contributed by atoms with Crippen molar-refractivity contribution < 1.29 is 14.7 Å². The van der Waals surface area contributed by atoms with Gasteiger partial charge in [-0.15, -0.1) is 0 Å². The van der Waals surface area contributed by atoms with Gasteiger partial charge in [0.2, 0.25) is 0 Å². The van der Waals surface area contributed by atoms with Crippen molar-refractivity contribution in [3.8, 4) is 0 Å². The molecule has 2 aliphatic rings. The van der Waals surface area contributed by atoms with E-state index in [-0.39, 0.29) is 17.4 Å². The standard InChI is InChI=1S/C24H25NO.C10H7NO2.C9H7N/c1-25-14-13-17(15-25)24(26)23-8-4-7-19-21-10-9-16-5-2-3-6-18(16)20(21)11-12-22(19)23;12-10(13)8-5-7-3-1-2-4-9(7)11-6-8;1-2-6-9-8(4-1)5-3-7-10-9/h2-3,5-6,9-12,17,23H,4,7-8,13-15H2,1H3;1-6H,(H,12,13);1-7H. The van der Waals surface area contributed by atoms with Crippen LogP contribution in [0, 0.1) is 5.92 Å². The number of nitrogens with zero attached hydrogens (tertiary/aromatic N) is 3. The van der Waals surface area contributed by atoms with Crippen LogP contribution in [-0.2, 0) is 11.2 Å². The Morgan fingerprint density at radius 1 is 0.714 bits per heavy atom. The number of fused-ring (bicyclic) bond motifs is 7. The van der Waals surface area contributed by atoms with Gasteiger partial charge in [0, 0.05) is 41.5 Å². The molecular formula is C43H39N3O3. The van der Waals surface area contributed by atoms with E-state index >= 15 is 0 Å². The first-order valence-corrected chi connectivity index (χ1v) is 17.0. The SMILES string of the molecule is CN1CCC(C(=O)C2CCCc3c2ccc2c3ccc3ccccc32)C1.O=C(O)c1cnc2ccccc2c1.c1ccc2ncccc2c1. The highest BCUT2D eigenvalue weighted by Gasteiger charge is 2.34. The van der Waals surface area contributed by atoms with Crippen LogP contribution in [0.3, 0.4) is 0 Å². The maximum Gasteiger partial charge on any atom is 0.337 e. The van der Waals surface area contributed by atoms with E-state index in [0.717, 1.165) is 55.2 Å². The van der Waals surface area contributed by atoms with Gasteiger partial charge in [-0.1, -0.05) is 91.0 Å². The highest BCUT2D eigenvalue weighted by atomic mass is 16.4. The quantitative estimate of drug-likeness (QED) is 0.193. The Morgan fingerprint density at radius 3 is 2.16 bits per heavy atom. The van der Waals surface area contributed by atoms with Crippen LogP contribution in [0.4, 0.5) is 0 Å². The second-order valence-electron chi connectivity index (χ2n) is 13.0. The molecule has 0 radical (unpaired) electrons. The van der Waals surface area contributed by atoms with Crippen molar-refractivity contribution in [2.75, 3.05) is 20.1 Å². The Bertz CT molecular complexity index is 2230. The van der Waals surface area contributed by atoms with E-state index in [0.29, 0.717) is 5.78 Å². The summed E-state index contributed by atoms with van der Waals surface area (Å²) >= 11 is 0. The van der Waals surface area contributed by atoms with Crippen LogP contribution in [0.2, 0.25) is 0 Å². The van der Waals surface area contributed by atoms with Gasteiger partial charge < -0.3 is 10.0 Å². The minimum absolute atomic E-state index is 0.103. The molecule has 1 saturated heterocycles. The molecule has 5 aromatic carbocycles. The summed E-state index contributed by atoms with van der Waals surface area (Å²) in [4.78, 5) is 34.3. The maximum atomic E-state index is 13.2. The molecule has 49 heavy (non-hydrogen) atoms. The Hall–Kier alpha value is -5.46. The van der Waals surface area contributed by atoms with E-state index in [1.807, 2.05) is 54.7 Å². The molecule has 1 N–H and O–H groups in total. The van der Waals surface area contributed by atoms with Crippen molar-refractivity contribution >= 4 is 55.1 Å². The Balaban J connectivity index is 0.000000136. The number of carboxylic acid groups (broad SMARTS) is 1. The number of aromatic nitrogens is 2. The molecule has 244 valence electrons. The number of likely N-dealkylation sites (tertiary alicyclic amines) is 1. The molecule has 0 amide bonds. The van der Waals surface area contributed by atoms with Crippen molar-refractivity contribution in [1.29, 1.82) is 0 Å². The van der Waals surface area contributed by atoms with Crippen LogP contribution >= 0.6 is 0 Å². The predicted molar refractivity (Wildman–Crippen MR) is 198 cm³/mol. The second kappa shape index (κ2) is 14.3. The number of Topliss-reactive ketones (excluding diaryl/α,β-unsaturated/α-hetero) is 1. The molecule has 0 spiro atoms. The third kappa shape index (κ3) is 6.92. The number of hydrogen-bond acceptors (Lipinski definition) is 5. The lowest BCUT2D eigenvalue weighted by atomic mass is 9.75. The maximum absolute atomic E-state index is 13.2. The van der Waals surface area contributed by atoms with Crippen LogP contribution in [0.25, 0.3) is 43.4 Å². The Labute approximate surface area is 286 Å². The molecular weight excluding hydrogens is 606 g/mol. The van der Waals surface area contributed by atoms with Crippen LogP contribution in [0.1, 0.15) is 46.7 Å². The van der Waals surface area contributed by atoms with Gasteiger partial charge in [-0.3, -0.25) is 14.8 Å². The monoisotopic (exact) mass is 645 g/mol. The van der Waals surface area contributed by atoms with Gasteiger partial charge >= 0.3 is 5.97 Å². The first-order chi connectivity index (χ1) is 24.0. The van der Waals surface area contributed by atoms with E-state index in [1.54, 1.807) is 6.07 Å². The molecule has 1 aliphatic heterocycles. The van der Waals surface area contributed by atoms with Crippen LogP contribution in [-0.4, -0.2) is 51.9 Å². The minimum atomic E-state index is -0.946. The zero-order chi connectivity index (χ0) is 33.7. The molecule has 1 fully saturated rings. The van der Waals surface area contributed by atoms with E-state index in [4.69, 9.17) is 5.11 Å². The van der Waals surface area contributed by atoms with E-state index in [9.17, 15) is 9.59 Å². The van der Waals surface area contributed by atoms with Gasteiger partial charge in [0.25, 0.3) is 0 Å². The normalized spacial score (nSPS) is 17.2. The molecule has 2 atom stereocenters. The lowest BCUT2D eigenvalue weighted by Gasteiger charge is -2.28. The number of aryl methyl sites for hydroxylation is 1. The van der Waals surface area contributed by atoms with Crippen LogP contribution < -0.4 is 0 Å². The molecule has 6 nitrogen and oxygen atoms in total. The Kier molecular flexibility index (Phi) is 9.40. The number of ketones is 1. The molecule has 2 unspecified atom stereocenters. The summed E-state index contributed by atoms with van der Waals surface area (Å²) in [6.45, 7) is 1.99. The van der Waals surface area contributed by atoms with Crippen molar-refractivity contribution in [3.63, 3.8) is 0 Å². The zero-order valence-corrected chi connectivity index (χ0v) is 27.6. The van der Waals surface area contributed by atoms with Crippen molar-refractivity contribution in [2.24, 2.45) is 5.92 Å². The van der Waals surface area contributed by atoms with Crippen molar-refractivity contribution in [1.82, 2.24) is 14.9 Å². The summed E-state index contributed by atoms with van der Waals surface area (Å²) in [5, 5.41) is 16.0. The third-order valence-corrected chi connectivity index (χ3v) is 9.86. The minimum Gasteiger partial charge on any atom is -0.478 e. The summed E-state index contributed by atoms with van der Waals surface area (Å²) in [6, 6.07) is 38.7. The molecule has 6 heteroatoms. The fourth-order valence-electron chi connectivity index (χ4n) is 7.36. The van der Waals surface area contributed by atoms with Gasteiger partial charge in [-0.05, 0) is 96.2 Å². The number of pyridine rings is 2. The van der Waals surface area contributed by atoms with Crippen molar-refractivity contribution in [3.05, 3.63) is 144 Å². The molecule has 0 saturated carbocycles. The number of carbonyl (C=O) groups excluding carboxylic acids is 1. The summed E-state index contributed by atoms with van der Waals surface area (Å²) in [6.07, 6.45) is 7.44. The first-order valence-electron chi connectivity index (χ1n) is 17.0. The van der Waals surface area contributed by atoms with E-state index < -0.39 is 5.97 Å². The van der Waals surface area contributed by atoms with Crippen LogP contribution in [0.15, 0.2) is 128 Å². The molecule has 9 rings (SSSR count). The molecule has 0 bridgehead atoms. The third-order valence-electron chi connectivity index (χ3n) is 9.86. The number of aromatic carboxylic acids is 1. The lowest BCUT2D eigenvalue weighted by Crippen LogP contribution is -2.27. The van der Waals surface area contributed by atoms with Gasteiger partial charge in [-0.25, -0.2) is 4.79 Å². The van der Waals surface area contributed by atoms with E-state index in [2.05, 4.69) is 82.6 Å².